The van der Waals surface area contributed by atoms with Gasteiger partial charge in [0.05, 0.1) is 22.6 Å². The molecule has 2 heterocycles. The quantitative estimate of drug-likeness (QED) is 0.598. The largest absolute Gasteiger partial charge is 0.270 e. The first-order chi connectivity index (χ1) is 7.74. The van der Waals surface area contributed by atoms with Gasteiger partial charge in [0.15, 0.2) is 0 Å². The number of nitrogens with one attached hydrogen (secondary N) is 1. The van der Waals surface area contributed by atoms with Gasteiger partial charge in [-0.2, -0.15) is 0 Å². The number of hydrogen-bond acceptors (Lipinski definition) is 5. The van der Waals surface area contributed by atoms with Crippen molar-refractivity contribution in [2.75, 3.05) is 0 Å². The van der Waals surface area contributed by atoms with Crippen molar-refractivity contribution in [3.63, 3.8) is 0 Å². The summed E-state index contributed by atoms with van der Waals surface area (Å²) in [6.45, 7) is 0. The van der Waals surface area contributed by atoms with Crippen molar-refractivity contribution in [2.45, 2.75) is 6.04 Å². The Morgan fingerprint density at radius 1 is 1.56 bits per heavy atom. The topological polar surface area (TPSA) is 81.7 Å². The van der Waals surface area contributed by atoms with Crippen molar-refractivity contribution in [2.24, 2.45) is 12.9 Å². The zero-order valence-electron chi connectivity index (χ0n) is 8.63. The fraction of sp³-hybridized carbons (Fsp3) is 0.222. The van der Waals surface area contributed by atoms with Crippen molar-refractivity contribution in [1.29, 1.82) is 0 Å². The summed E-state index contributed by atoms with van der Waals surface area (Å²) in [5.41, 5.74) is 4.10. The van der Waals surface area contributed by atoms with Crippen LogP contribution in [0.25, 0.3) is 0 Å². The number of nitrogens with zero attached hydrogens (tertiary/aromatic N) is 4. The van der Waals surface area contributed by atoms with Gasteiger partial charge >= 0.3 is 0 Å². The van der Waals surface area contributed by atoms with Crippen molar-refractivity contribution in [3.05, 3.63) is 40.9 Å². The van der Waals surface area contributed by atoms with Crippen LogP contribution in [0, 0.1) is 0 Å². The minimum absolute atomic E-state index is 0.325. The van der Waals surface area contributed by atoms with Crippen LogP contribution in [-0.4, -0.2) is 20.0 Å². The summed E-state index contributed by atoms with van der Waals surface area (Å²) in [5.74, 6) is 5.52. The van der Waals surface area contributed by atoms with Gasteiger partial charge in [0, 0.05) is 13.2 Å². The minimum atomic E-state index is -0.325. The molecule has 0 bridgehead atoms. The lowest BCUT2D eigenvalue weighted by Crippen LogP contribution is -2.31. The molecule has 0 radical (unpaired) electrons. The van der Waals surface area contributed by atoms with E-state index in [1.165, 1.54) is 0 Å². The number of aromatic nitrogens is 4. The van der Waals surface area contributed by atoms with Gasteiger partial charge in [0.25, 0.3) is 0 Å². The Morgan fingerprint density at radius 3 is 2.94 bits per heavy atom. The molecule has 0 aliphatic heterocycles. The van der Waals surface area contributed by atoms with Gasteiger partial charge in [-0.05, 0) is 12.1 Å². The second-order valence-corrected chi connectivity index (χ2v) is 3.66. The third kappa shape index (κ3) is 1.90. The van der Waals surface area contributed by atoms with Crippen molar-refractivity contribution >= 4 is 11.6 Å². The molecule has 84 valence electrons. The molecule has 0 fully saturated rings. The second-order valence-electron chi connectivity index (χ2n) is 3.25. The average Bonchev–Trinajstić information content (AvgIpc) is 2.69. The molecular formula is C9H11ClN6. The summed E-state index contributed by atoms with van der Waals surface area (Å²) in [4.78, 5) is 4.20. The maximum Gasteiger partial charge on any atom is 0.108 e. The lowest BCUT2D eigenvalue weighted by atomic mass is 10.1. The van der Waals surface area contributed by atoms with Gasteiger partial charge in [-0.1, -0.05) is 16.8 Å². The summed E-state index contributed by atoms with van der Waals surface area (Å²) in [5, 5.41) is 8.18. The Labute approximate surface area is 97.4 Å². The minimum Gasteiger partial charge on any atom is -0.270 e. The number of hydrogen-bond donors (Lipinski definition) is 2. The SMILES string of the molecule is Cn1nncc1C(NN)c1ncccc1Cl. The van der Waals surface area contributed by atoms with Gasteiger partial charge in [-0.25, -0.2) is 5.43 Å². The van der Waals surface area contributed by atoms with E-state index in [9.17, 15) is 0 Å². The van der Waals surface area contributed by atoms with Crippen LogP contribution in [0.1, 0.15) is 17.4 Å². The van der Waals surface area contributed by atoms with Crippen LogP contribution < -0.4 is 11.3 Å². The zero-order valence-corrected chi connectivity index (χ0v) is 9.39. The molecule has 0 spiro atoms. The fourth-order valence-electron chi connectivity index (χ4n) is 1.47. The monoisotopic (exact) mass is 238 g/mol. The van der Waals surface area contributed by atoms with E-state index in [2.05, 4.69) is 20.7 Å². The van der Waals surface area contributed by atoms with E-state index in [1.54, 1.807) is 36.3 Å². The lowest BCUT2D eigenvalue weighted by Gasteiger charge is -2.15. The molecule has 2 aromatic rings. The predicted molar refractivity (Wildman–Crippen MR) is 59.4 cm³/mol. The molecule has 2 rings (SSSR count). The Hall–Kier alpha value is -1.50. The Kier molecular flexibility index (Phi) is 3.14. The number of aryl methyl sites for hydroxylation is 1. The van der Waals surface area contributed by atoms with Gasteiger partial charge in [0.2, 0.25) is 0 Å². The highest BCUT2D eigenvalue weighted by Crippen LogP contribution is 2.24. The fourth-order valence-corrected chi connectivity index (χ4v) is 1.70. The molecule has 0 aromatic carbocycles. The summed E-state index contributed by atoms with van der Waals surface area (Å²) < 4.78 is 1.62. The van der Waals surface area contributed by atoms with Crippen LogP contribution in [0.2, 0.25) is 5.02 Å². The zero-order chi connectivity index (χ0) is 11.5. The van der Waals surface area contributed by atoms with E-state index in [0.717, 1.165) is 5.69 Å². The summed E-state index contributed by atoms with van der Waals surface area (Å²) >= 11 is 6.06. The normalized spacial score (nSPS) is 12.7. The summed E-state index contributed by atoms with van der Waals surface area (Å²) in [6.07, 6.45) is 3.28. The third-order valence-electron chi connectivity index (χ3n) is 2.27. The first-order valence-corrected chi connectivity index (χ1v) is 5.03. The Balaban J connectivity index is 2.45. The Morgan fingerprint density at radius 2 is 2.38 bits per heavy atom. The summed E-state index contributed by atoms with van der Waals surface area (Å²) in [7, 11) is 1.78. The maximum atomic E-state index is 6.06. The van der Waals surface area contributed by atoms with Crippen molar-refractivity contribution < 1.29 is 0 Å². The van der Waals surface area contributed by atoms with Crippen molar-refractivity contribution in [3.8, 4) is 0 Å². The molecule has 0 saturated carbocycles. The highest BCUT2D eigenvalue weighted by Gasteiger charge is 2.20. The Bertz CT molecular complexity index is 482. The van der Waals surface area contributed by atoms with Gasteiger partial charge < -0.3 is 0 Å². The van der Waals surface area contributed by atoms with Gasteiger partial charge in [-0.15, -0.1) is 5.10 Å². The number of halogens is 1. The lowest BCUT2D eigenvalue weighted by molar-refractivity contribution is 0.560. The van der Waals surface area contributed by atoms with Crippen molar-refractivity contribution in [1.82, 2.24) is 25.4 Å². The number of pyridine rings is 1. The molecule has 0 saturated heterocycles. The van der Waals surface area contributed by atoms with Crippen LogP contribution in [0.4, 0.5) is 0 Å². The number of hydrazine groups is 1. The van der Waals surface area contributed by atoms with Crippen LogP contribution >= 0.6 is 11.6 Å². The van der Waals surface area contributed by atoms with E-state index in [-0.39, 0.29) is 6.04 Å². The van der Waals surface area contributed by atoms with Crippen LogP contribution in [0.3, 0.4) is 0 Å². The molecule has 0 aliphatic carbocycles. The molecule has 7 heteroatoms. The van der Waals surface area contributed by atoms with Gasteiger partial charge in [-0.3, -0.25) is 15.5 Å². The number of rotatable bonds is 3. The molecular weight excluding hydrogens is 228 g/mol. The molecule has 6 nitrogen and oxygen atoms in total. The van der Waals surface area contributed by atoms with E-state index in [1.807, 2.05) is 0 Å². The maximum absolute atomic E-state index is 6.06. The molecule has 0 amide bonds. The van der Waals surface area contributed by atoms with E-state index in [4.69, 9.17) is 17.4 Å². The highest BCUT2D eigenvalue weighted by atomic mass is 35.5. The smallest absolute Gasteiger partial charge is 0.108 e. The van der Waals surface area contributed by atoms with E-state index >= 15 is 0 Å². The second kappa shape index (κ2) is 4.56. The standard InChI is InChI=1S/C9H11ClN6/c1-16-7(5-13-15-16)9(14-11)8-6(10)3-2-4-12-8/h2-5,9,14H,11H2,1H3. The highest BCUT2D eigenvalue weighted by molar-refractivity contribution is 6.31. The molecule has 2 aromatic heterocycles. The summed E-state index contributed by atoms with van der Waals surface area (Å²) in [6, 6.07) is 3.20. The first kappa shape index (κ1) is 11.0. The van der Waals surface area contributed by atoms with Crippen LogP contribution in [0.5, 0.6) is 0 Å². The third-order valence-corrected chi connectivity index (χ3v) is 2.59. The molecule has 16 heavy (non-hydrogen) atoms. The molecule has 0 aliphatic rings. The van der Waals surface area contributed by atoms with Crippen LogP contribution in [-0.2, 0) is 7.05 Å². The van der Waals surface area contributed by atoms with E-state index in [0.29, 0.717) is 10.7 Å². The first-order valence-electron chi connectivity index (χ1n) is 4.65. The van der Waals surface area contributed by atoms with Crippen LogP contribution in [0.15, 0.2) is 24.5 Å². The average molecular weight is 239 g/mol. The molecule has 1 unspecified atom stereocenters. The van der Waals surface area contributed by atoms with Gasteiger partial charge in [0.1, 0.15) is 6.04 Å². The molecule has 3 N–H and O–H groups in total. The molecule has 1 atom stereocenters. The predicted octanol–water partition coefficient (Wildman–Crippen LogP) is 0.416. The number of nitrogens with two attached hydrogens (primary N) is 1. The van der Waals surface area contributed by atoms with E-state index < -0.39 is 0 Å².